The molecule has 1 saturated carbocycles. The van der Waals surface area contributed by atoms with Crippen LogP contribution in [0.1, 0.15) is 17.6 Å². The topological polar surface area (TPSA) is 121 Å². The quantitative estimate of drug-likeness (QED) is 0.391. The highest BCUT2D eigenvalue weighted by Crippen LogP contribution is 2.58. The summed E-state index contributed by atoms with van der Waals surface area (Å²) in [6.07, 6.45) is 6.22. The molecule has 0 amide bonds. The first kappa shape index (κ1) is 19.2. The van der Waals surface area contributed by atoms with Crippen LogP contribution in [0.3, 0.4) is 0 Å². The highest BCUT2D eigenvalue weighted by Gasteiger charge is 2.58. The summed E-state index contributed by atoms with van der Waals surface area (Å²) < 4.78 is 14.0. The van der Waals surface area contributed by atoms with Gasteiger partial charge in [-0.15, -0.1) is 0 Å². The smallest absolute Gasteiger partial charge is 0.280 e. The molecule has 11 heteroatoms. The number of benzene rings is 1. The van der Waals surface area contributed by atoms with E-state index >= 15 is 0 Å². The summed E-state index contributed by atoms with van der Waals surface area (Å²) >= 11 is 0. The molecule has 3 atom stereocenters. The van der Waals surface area contributed by atoms with E-state index in [0.29, 0.717) is 34.8 Å². The minimum absolute atomic E-state index is 0.183. The van der Waals surface area contributed by atoms with Crippen molar-refractivity contribution in [3.63, 3.8) is 0 Å². The number of hydrogen-bond donors (Lipinski definition) is 0. The first-order valence-corrected chi connectivity index (χ1v) is 11.1. The van der Waals surface area contributed by atoms with Gasteiger partial charge in [0.15, 0.2) is 29.1 Å². The SMILES string of the molecule is Cn1cnc2ncn(Cc3nc([C@@H]4C5CN(c6cccc(-c7cnco7)c6)C[C@@H]54)no3)c(=O)c21. The highest BCUT2D eigenvalue weighted by atomic mass is 16.5. The van der Waals surface area contributed by atoms with Crippen LogP contribution >= 0.6 is 0 Å². The van der Waals surface area contributed by atoms with E-state index in [4.69, 9.17) is 8.94 Å². The minimum atomic E-state index is -0.184. The second-order valence-electron chi connectivity index (χ2n) is 8.93. The summed E-state index contributed by atoms with van der Waals surface area (Å²) in [5, 5.41) is 4.22. The first-order chi connectivity index (χ1) is 16.7. The fourth-order valence-electron chi connectivity index (χ4n) is 5.13. The van der Waals surface area contributed by atoms with Crippen molar-refractivity contribution in [1.82, 2.24) is 34.2 Å². The van der Waals surface area contributed by atoms with Crippen molar-refractivity contribution in [2.75, 3.05) is 18.0 Å². The van der Waals surface area contributed by atoms with Crippen LogP contribution in [-0.2, 0) is 13.6 Å². The number of fused-ring (bicyclic) bond motifs is 2. The molecule has 5 heterocycles. The van der Waals surface area contributed by atoms with E-state index in [1.165, 1.54) is 23.0 Å². The molecule has 1 unspecified atom stereocenters. The number of hydrogen-bond acceptors (Lipinski definition) is 9. The van der Waals surface area contributed by atoms with Crippen LogP contribution in [0.5, 0.6) is 0 Å². The van der Waals surface area contributed by atoms with Crippen LogP contribution < -0.4 is 10.5 Å². The first-order valence-electron chi connectivity index (χ1n) is 11.1. The lowest BCUT2D eigenvalue weighted by Crippen LogP contribution is -2.23. The maximum atomic E-state index is 12.8. The standard InChI is InChI=1S/C23H20N8O3/c1-29-10-25-22-20(29)23(32)31(11-26-22)9-18-27-21(28-34-18)19-15-7-30(8-16(15)19)14-4-2-3-13(5-14)17-6-24-12-33-17/h2-6,10-12,15-16,19H,7-9H2,1H3/t15-,16?,19-/m0/s1. The Morgan fingerprint density at radius 1 is 1.15 bits per heavy atom. The lowest BCUT2D eigenvalue weighted by Gasteiger charge is -2.22. The summed E-state index contributed by atoms with van der Waals surface area (Å²) in [6.45, 7) is 2.07. The van der Waals surface area contributed by atoms with Crippen molar-refractivity contribution in [2.24, 2.45) is 18.9 Å². The van der Waals surface area contributed by atoms with Crippen molar-refractivity contribution in [2.45, 2.75) is 12.5 Å². The molecule has 11 nitrogen and oxygen atoms in total. The number of imidazole rings is 1. The third-order valence-corrected chi connectivity index (χ3v) is 6.91. The van der Waals surface area contributed by atoms with Gasteiger partial charge in [-0.1, -0.05) is 17.3 Å². The van der Waals surface area contributed by atoms with Gasteiger partial charge in [0.25, 0.3) is 5.56 Å². The van der Waals surface area contributed by atoms with Gasteiger partial charge in [-0.2, -0.15) is 4.98 Å². The second kappa shape index (κ2) is 7.11. The molecule has 0 radical (unpaired) electrons. The normalized spacial score (nSPS) is 21.3. The van der Waals surface area contributed by atoms with Crippen LogP contribution in [0.25, 0.3) is 22.5 Å². The van der Waals surface area contributed by atoms with E-state index in [-0.39, 0.29) is 12.1 Å². The Hall–Kier alpha value is -4.28. The Balaban J connectivity index is 1.05. The molecule has 1 saturated heterocycles. The second-order valence-corrected chi connectivity index (χ2v) is 8.93. The molecular weight excluding hydrogens is 436 g/mol. The van der Waals surface area contributed by atoms with Gasteiger partial charge in [-0.05, 0) is 24.0 Å². The molecule has 0 spiro atoms. The number of oxazole rings is 1. The molecule has 4 aromatic heterocycles. The molecule has 0 N–H and O–H groups in total. The Labute approximate surface area is 192 Å². The summed E-state index contributed by atoms with van der Waals surface area (Å²) in [5.74, 6) is 3.18. The number of rotatable bonds is 5. The largest absolute Gasteiger partial charge is 0.444 e. The van der Waals surface area contributed by atoms with Crippen molar-refractivity contribution < 1.29 is 8.94 Å². The fraction of sp³-hybridized carbons (Fsp3) is 0.304. The van der Waals surface area contributed by atoms with Crippen LogP contribution in [-0.4, -0.2) is 47.3 Å². The highest BCUT2D eigenvalue weighted by molar-refractivity contribution is 5.69. The van der Waals surface area contributed by atoms with Crippen LogP contribution in [0.15, 0.2) is 63.2 Å². The molecule has 1 aliphatic heterocycles. The fourth-order valence-corrected chi connectivity index (χ4v) is 5.13. The van der Waals surface area contributed by atoms with Gasteiger partial charge in [0.05, 0.1) is 12.5 Å². The van der Waals surface area contributed by atoms with Gasteiger partial charge in [-0.3, -0.25) is 9.36 Å². The van der Waals surface area contributed by atoms with Gasteiger partial charge in [-0.25, -0.2) is 15.0 Å². The van der Waals surface area contributed by atoms with Gasteiger partial charge in [0, 0.05) is 37.3 Å². The summed E-state index contributed by atoms with van der Waals surface area (Å²) in [5.41, 5.74) is 2.88. The molecule has 34 heavy (non-hydrogen) atoms. The lowest BCUT2D eigenvalue weighted by molar-refractivity contribution is 0.363. The zero-order valence-corrected chi connectivity index (χ0v) is 18.3. The Kier molecular flexibility index (Phi) is 4.02. The van der Waals surface area contributed by atoms with Gasteiger partial charge in [0.1, 0.15) is 12.9 Å². The number of aromatic nitrogens is 7. The number of piperidine rings is 1. The van der Waals surface area contributed by atoms with Crippen molar-refractivity contribution in [3.05, 3.63) is 71.6 Å². The molecule has 1 aliphatic carbocycles. The Bertz CT molecular complexity index is 1550. The maximum Gasteiger partial charge on any atom is 0.280 e. The van der Waals surface area contributed by atoms with Gasteiger partial charge < -0.3 is 18.4 Å². The number of anilines is 1. The summed E-state index contributed by atoms with van der Waals surface area (Å²) in [7, 11) is 1.77. The van der Waals surface area contributed by atoms with Crippen molar-refractivity contribution in [3.8, 4) is 11.3 Å². The third-order valence-electron chi connectivity index (χ3n) is 6.91. The minimum Gasteiger partial charge on any atom is -0.444 e. The molecule has 5 aromatic rings. The Morgan fingerprint density at radius 3 is 2.82 bits per heavy atom. The van der Waals surface area contributed by atoms with E-state index < -0.39 is 0 Å². The van der Waals surface area contributed by atoms with Crippen LogP contribution in [0.2, 0.25) is 0 Å². The molecule has 2 aliphatic rings. The number of aryl methyl sites for hydroxylation is 1. The van der Waals surface area contributed by atoms with Crippen molar-refractivity contribution in [1.29, 1.82) is 0 Å². The van der Waals surface area contributed by atoms with E-state index in [2.05, 4.69) is 42.1 Å². The summed E-state index contributed by atoms with van der Waals surface area (Å²) in [6, 6.07) is 8.33. The third kappa shape index (κ3) is 2.96. The Morgan fingerprint density at radius 2 is 2.00 bits per heavy atom. The van der Waals surface area contributed by atoms with Gasteiger partial charge >= 0.3 is 0 Å². The van der Waals surface area contributed by atoms with Crippen LogP contribution in [0, 0.1) is 11.8 Å². The van der Waals surface area contributed by atoms with E-state index in [1.54, 1.807) is 24.1 Å². The molecule has 2 fully saturated rings. The molecule has 1 aromatic carbocycles. The molecule has 7 rings (SSSR count). The summed E-state index contributed by atoms with van der Waals surface area (Å²) in [4.78, 5) is 32.1. The van der Waals surface area contributed by atoms with Crippen molar-refractivity contribution >= 4 is 16.9 Å². The molecular formula is C23H20N8O3. The van der Waals surface area contributed by atoms with E-state index in [1.807, 2.05) is 12.1 Å². The van der Waals surface area contributed by atoms with Gasteiger partial charge in [0.2, 0.25) is 5.89 Å². The maximum absolute atomic E-state index is 12.8. The zero-order chi connectivity index (χ0) is 22.8. The lowest BCUT2D eigenvalue weighted by atomic mass is 10.1. The zero-order valence-electron chi connectivity index (χ0n) is 18.3. The van der Waals surface area contributed by atoms with Crippen LogP contribution in [0.4, 0.5) is 5.69 Å². The predicted molar refractivity (Wildman–Crippen MR) is 120 cm³/mol. The predicted octanol–water partition coefficient (Wildman–Crippen LogP) is 2.07. The molecule has 0 bridgehead atoms. The molecule has 170 valence electrons. The van der Waals surface area contributed by atoms with E-state index in [0.717, 1.165) is 30.2 Å². The number of nitrogens with zero attached hydrogens (tertiary/aromatic N) is 8. The average molecular weight is 456 g/mol. The average Bonchev–Trinajstić information content (AvgIpc) is 3.47. The monoisotopic (exact) mass is 456 g/mol. The van der Waals surface area contributed by atoms with E-state index in [9.17, 15) is 4.79 Å².